The zero-order valence-electron chi connectivity index (χ0n) is 17.5. The number of fused-ring (bicyclic) bond motifs is 1. The molecule has 3 aliphatic heterocycles. The van der Waals surface area contributed by atoms with Crippen molar-refractivity contribution < 1.29 is 31.1 Å². The number of carbonyl (C=O) groups excluding carboxylic acids is 1. The van der Waals surface area contributed by atoms with Crippen LogP contribution in [0.15, 0.2) is 23.1 Å². The Hall–Kier alpha value is -1.85. The highest BCUT2D eigenvalue weighted by atomic mass is 32.2. The van der Waals surface area contributed by atoms with Gasteiger partial charge in [-0.3, -0.25) is 4.79 Å². The summed E-state index contributed by atoms with van der Waals surface area (Å²) in [7, 11) is -5.14. The first-order chi connectivity index (χ1) is 14.7. The first kappa shape index (κ1) is 22.3. The lowest BCUT2D eigenvalue weighted by Crippen LogP contribution is -2.46. The van der Waals surface area contributed by atoms with Crippen LogP contribution in [0.2, 0.25) is 0 Å². The average molecular weight is 473 g/mol. The van der Waals surface area contributed by atoms with Crippen molar-refractivity contribution in [2.75, 3.05) is 44.9 Å². The van der Waals surface area contributed by atoms with Crippen LogP contribution in [-0.4, -0.2) is 82.8 Å². The third kappa shape index (κ3) is 4.68. The van der Waals surface area contributed by atoms with Crippen LogP contribution >= 0.6 is 0 Å². The predicted molar refractivity (Wildman–Crippen MR) is 113 cm³/mol. The number of hydrogen-bond acceptors (Lipinski definition) is 7. The zero-order chi connectivity index (χ0) is 22.2. The molecular weight excluding hydrogens is 444 g/mol. The number of ether oxygens (including phenoxy) is 2. The minimum Gasteiger partial charge on any atom is -0.490 e. The van der Waals surface area contributed by atoms with Gasteiger partial charge in [-0.2, -0.15) is 4.31 Å². The molecule has 1 aromatic rings. The van der Waals surface area contributed by atoms with Gasteiger partial charge in [0.05, 0.1) is 29.6 Å². The highest BCUT2D eigenvalue weighted by Gasteiger charge is 2.38. The summed E-state index contributed by atoms with van der Waals surface area (Å²) in [5.41, 5.74) is 0. The van der Waals surface area contributed by atoms with Crippen molar-refractivity contribution in [1.29, 1.82) is 0 Å². The van der Waals surface area contributed by atoms with Gasteiger partial charge in [-0.1, -0.05) is 0 Å². The molecule has 0 bridgehead atoms. The number of nitrogens with zero attached hydrogens (tertiary/aromatic N) is 2. The summed E-state index contributed by atoms with van der Waals surface area (Å²) in [5, 5.41) is 0. The lowest BCUT2D eigenvalue weighted by atomic mass is 9.96. The quantitative estimate of drug-likeness (QED) is 0.640. The van der Waals surface area contributed by atoms with E-state index in [0.29, 0.717) is 44.0 Å². The number of benzene rings is 1. The summed E-state index contributed by atoms with van der Waals surface area (Å²) in [6.07, 6.45) is 2.01. The fourth-order valence-corrected chi connectivity index (χ4v) is 7.61. The van der Waals surface area contributed by atoms with Crippen molar-refractivity contribution in [2.24, 2.45) is 5.92 Å². The first-order valence-electron chi connectivity index (χ1n) is 10.5. The van der Waals surface area contributed by atoms with Crippen LogP contribution in [0.25, 0.3) is 0 Å². The Balaban J connectivity index is 1.40. The zero-order valence-corrected chi connectivity index (χ0v) is 19.2. The molecule has 0 aromatic heterocycles. The van der Waals surface area contributed by atoms with Crippen molar-refractivity contribution in [3.05, 3.63) is 18.2 Å². The van der Waals surface area contributed by atoms with Crippen LogP contribution in [0.1, 0.15) is 25.7 Å². The van der Waals surface area contributed by atoms with Crippen LogP contribution in [0, 0.1) is 5.92 Å². The molecule has 0 N–H and O–H groups in total. The van der Waals surface area contributed by atoms with E-state index in [2.05, 4.69) is 0 Å². The number of sulfone groups is 1. The highest BCUT2D eigenvalue weighted by molar-refractivity contribution is 7.91. The van der Waals surface area contributed by atoms with E-state index in [-0.39, 0.29) is 47.4 Å². The van der Waals surface area contributed by atoms with E-state index in [4.69, 9.17) is 9.47 Å². The smallest absolute Gasteiger partial charge is 0.243 e. The standard InChI is InChI=1S/C20H28N2O7S2/c1-21(16-7-12-30(24,25)14-16)20(23)15-5-8-22(9-6-15)31(26,27)17-3-4-18-19(13-17)29-11-2-10-28-18/h3-4,13,15-16H,2,5-12,14H2,1H3/t16-/m1/s1. The molecule has 1 atom stereocenters. The summed E-state index contributed by atoms with van der Waals surface area (Å²) in [5.74, 6) is 0.682. The molecule has 2 fully saturated rings. The molecule has 0 unspecified atom stereocenters. The molecule has 4 rings (SSSR count). The molecular formula is C20H28N2O7S2. The van der Waals surface area contributed by atoms with Gasteiger partial charge in [0.15, 0.2) is 21.3 Å². The predicted octanol–water partition coefficient (Wildman–Crippen LogP) is 0.894. The van der Waals surface area contributed by atoms with E-state index >= 15 is 0 Å². The Kier molecular flexibility index (Phi) is 6.19. The van der Waals surface area contributed by atoms with Gasteiger partial charge in [0.1, 0.15) is 0 Å². The summed E-state index contributed by atoms with van der Waals surface area (Å²) in [4.78, 5) is 14.5. The minimum atomic E-state index is -3.71. The normalized spacial score (nSPS) is 24.5. The third-order valence-electron chi connectivity index (χ3n) is 6.26. The average Bonchev–Trinajstić information content (AvgIpc) is 2.97. The molecule has 0 saturated carbocycles. The van der Waals surface area contributed by atoms with Gasteiger partial charge in [-0.25, -0.2) is 16.8 Å². The Morgan fingerprint density at radius 2 is 1.77 bits per heavy atom. The molecule has 3 heterocycles. The van der Waals surface area contributed by atoms with Crippen molar-refractivity contribution in [3.8, 4) is 11.5 Å². The minimum absolute atomic E-state index is 0.00653. The van der Waals surface area contributed by atoms with E-state index < -0.39 is 19.9 Å². The molecule has 0 spiro atoms. The number of carbonyl (C=O) groups is 1. The Morgan fingerprint density at radius 1 is 1.10 bits per heavy atom. The van der Waals surface area contributed by atoms with Crippen LogP contribution < -0.4 is 9.47 Å². The second-order valence-corrected chi connectivity index (χ2v) is 12.5. The van der Waals surface area contributed by atoms with E-state index in [1.807, 2.05) is 0 Å². The van der Waals surface area contributed by atoms with Crippen LogP contribution in [0.3, 0.4) is 0 Å². The number of sulfonamides is 1. The molecule has 31 heavy (non-hydrogen) atoms. The monoisotopic (exact) mass is 472 g/mol. The van der Waals surface area contributed by atoms with E-state index in [1.54, 1.807) is 18.0 Å². The Bertz CT molecular complexity index is 1050. The molecule has 1 aromatic carbocycles. The number of rotatable bonds is 4. The van der Waals surface area contributed by atoms with Gasteiger partial charge in [0, 0.05) is 44.6 Å². The molecule has 2 saturated heterocycles. The lowest BCUT2D eigenvalue weighted by molar-refractivity contribution is -0.137. The molecule has 9 nitrogen and oxygen atoms in total. The Labute approximate surface area is 183 Å². The van der Waals surface area contributed by atoms with Crippen LogP contribution in [0.4, 0.5) is 0 Å². The van der Waals surface area contributed by atoms with E-state index in [0.717, 1.165) is 6.42 Å². The summed E-state index contributed by atoms with van der Waals surface area (Å²) < 4.78 is 62.2. The van der Waals surface area contributed by atoms with Crippen molar-refractivity contribution >= 4 is 25.8 Å². The fraction of sp³-hybridized carbons (Fsp3) is 0.650. The maximum absolute atomic E-state index is 13.1. The summed E-state index contributed by atoms with van der Waals surface area (Å²) >= 11 is 0. The fourth-order valence-electron chi connectivity index (χ4n) is 4.35. The highest BCUT2D eigenvalue weighted by Crippen LogP contribution is 2.34. The number of hydrogen-bond donors (Lipinski definition) is 0. The lowest BCUT2D eigenvalue weighted by Gasteiger charge is -2.34. The van der Waals surface area contributed by atoms with E-state index in [1.165, 1.54) is 16.4 Å². The van der Waals surface area contributed by atoms with Gasteiger partial charge in [-0.05, 0) is 31.4 Å². The van der Waals surface area contributed by atoms with Gasteiger partial charge >= 0.3 is 0 Å². The number of amides is 1. The second-order valence-electron chi connectivity index (χ2n) is 8.34. The molecule has 11 heteroatoms. The van der Waals surface area contributed by atoms with Gasteiger partial charge in [0.2, 0.25) is 15.9 Å². The molecule has 0 radical (unpaired) electrons. The maximum atomic E-state index is 13.1. The third-order valence-corrected chi connectivity index (χ3v) is 9.91. The van der Waals surface area contributed by atoms with Crippen LogP contribution in [0.5, 0.6) is 11.5 Å². The molecule has 172 valence electrons. The van der Waals surface area contributed by atoms with Gasteiger partial charge < -0.3 is 14.4 Å². The molecule has 0 aliphatic carbocycles. The largest absolute Gasteiger partial charge is 0.490 e. The van der Waals surface area contributed by atoms with Gasteiger partial charge in [-0.15, -0.1) is 0 Å². The van der Waals surface area contributed by atoms with Crippen LogP contribution in [-0.2, 0) is 24.7 Å². The maximum Gasteiger partial charge on any atom is 0.243 e. The molecule has 3 aliphatic rings. The summed E-state index contributed by atoms with van der Waals surface area (Å²) in [6, 6.07) is 4.35. The topological polar surface area (TPSA) is 110 Å². The van der Waals surface area contributed by atoms with Crippen molar-refractivity contribution in [2.45, 2.75) is 36.6 Å². The van der Waals surface area contributed by atoms with Gasteiger partial charge in [0.25, 0.3) is 0 Å². The Morgan fingerprint density at radius 3 is 2.42 bits per heavy atom. The van der Waals surface area contributed by atoms with Crippen molar-refractivity contribution in [1.82, 2.24) is 9.21 Å². The first-order valence-corrected chi connectivity index (χ1v) is 13.8. The SMILES string of the molecule is CN(C(=O)C1CCN(S(=O)(=O)c2ccc3c(c2)OCCCO3)CC1)[C@@H]1CCS(=O)(=O)C1. The molecule has 1 amide bonds. The summed E-state index contributed by atoms with van der Waals surface area (Å²) in [6.45, 7) is 1.48. The second kappa shape index (κ2) is 8.59. The number of piperidine rings is 1. The van der Waals surface area contributed by atoms with Crippen molar-refractivity contribution in [3.63, 3.8) is 0 Å². The van der Waals surface area contributed by atoms with E-state index in [9.17, 15) is 21.6 Å².